The lowest BCUT2D eigenvalue weighted by Gasteiger charge is -2.03. The molecular formula is C20H34O5. The molecule has 144 valence electrons. The van der Waals surface area contributed by atoms with Crippen molar-refractivity contribution in [2.24, 2.45) is 0 Å². The first-order chi connectivity index (χ1) is 11.9. The maximum Gasteiger partial charge on any atom is 0.333 e. The second kappa shape index (κ2) is 18.5. The van der Waals surface area contributed by atoms with Gasteiger partial charge in [0.25, 0.3) is 0 Å². The van der Waals surface area contributed by atoms with Crippen LogP contribution in [0.3, 0.4) is 0 Å². The summed E-state index contributed by atoms with van der Waals surface area (Å²) < 4.78 is 14.7. The van der Waals surface area contributed by atoms with Gasteiger partial charge in [-0.3, -0.25) is 0 Å². The van der Waals surface area contributed by atoms with Crippen LogP contribution in [0.4, 0.5) is 0 Å². The van der Waals surface area contributed by atoms with Crippen LogP contribution in [0.25, 0.3) is 0 Å². The third-order valence-corrected chi connectivity index (χ3v) is 2.87. The van der Waals surface area contributed by atoms with Crippen molar-refractivity contribution in [1.82, 2.24) is 0 Å². The van der Waals surface area contributed by atoms with Crippen LogP contribution >= 0.6 is 0 Å². The van der Waals surface area contributed by atoms with Crippen LogP contribution in [-0.4, -0.2) is 38.4 Å². The summed E-state index contributed by atoms with van der Waals surface area (Å²) in [7, 11) is 0. The van der Waals surface area contributed by atoms with E-state index in [9.17, 15) is 9.59 Å². The van der Waals surface area contributed by atoms with Gasteiger partial charge in [-0.15, -0.1) is 6.58 Å². The smallest absolute Gasteiger partial charge is 0.333 e. The third kappa shape index (κ3) is 20.1. The zero-order valence-electron chi connectivity index (χ0n) is 16.1. The molecule has 0 aromatic heterocycles. The van der Waals surface area contributed by atoms with Gasteiger partial charge in [0.1, 0.15) is 6.61 Å². The largest absolute Gasteiger partial charge is 0.462 e. The van der Waals surface area contributed by atoms with Crippen LogP contribution < -0.4 is 0 Å². The second-order valence-corrected chi connectivity index (χ2v) is 5.61. The highest BCUT2D eigenvalue weighted by Gasteiger charge is 2.01. The first-order valence-electron chi connectivity index (χ1n) is 8.70. The van der Waals surface area contributed by atoms with E-state index in [2.05, 4.69) is 26.7 Å². The number of carbonyl (C=O) groups is 2. The monoisotopic (exact) mass is 354 g/mol. The van der Waals surface area contributed by atoms with E-state index in [1.165, 1.54) is 19.3 Å². The Morgan fingerprint density at radius 1 is 0.840 bits per heavy atom. The third-order valence-electron chi connectivity index (χ3n) is 2.87. The molecule has 0 atom stereocenters. The number of hydrogen-bond donors (Lipinski definition) is 0. The van der Waals surface area contributed by atoms with Crippen LogP contribution in [0, 0.1) is 0 Å². The molecule has 0 N–H and O–H groups in total. The normalized spacial score (nSPS) is 9.40. The van der Waals surface area contributed by atoms with E-state index in [1.54, 1.807) is 19.9 Å². The fourth-order valence-electron chi connectivity index (χ4n) is 1.48. The maximum atomic E-state index is 10.9. The lowest BCUT2D eigenvalue weighted by molar-refractivity contribution is -0.140. The van der Waals surface area contributed by atoms with Crippen molar-refractivity contribution in [1.29, 1.82) is 0 Å². The molecule has 0 aromatic rings. The van der Waals surface area contributed by atoms with Crippen LogP contribution in [-0.2, 0) is 23.8 Å². The summed E-state index contributed by atoms with van der Waals surface area (Å²) in [5, 5.41) is 0. The molecule has 0 saturated carbocycles. The summed E-state index contributed by atoms with van der Waals surface area (Å²) in [5.74, 6) is -0.646. The number of rotatable bonds is 13. The van der Waals surface area contributed by atoms with E-state index in [0.29, 0.717) is 31.0 Å². The summed E-state index contributed by atoms with van der Waals surface area (Å²) in [6, 6.07) is 0. The average molecular weight is 354 g/mol. The molecule has 0 aliphatic heterocycles. The Morgan fingerprint density at radius 2 is 1.36 bits per heavy atom. The van der Waals surface area contributed by atoms with Gasteiger partial charge in [-0.05, 0) is 20.3 Å². The van der Waals surface area contributed by atoms with Gasteiger partial charge < -0.3 is 14.2 Å². The molecular weight excluding hydrogens is 320 g/mol. The molecule has 5 heteroatoms. The second-order valence-electron chi connectivity index (χ2n) is 5.61. The van der Waals surface area contributed by atoms with Gasteiger partial charge in [0.15, 0.2) is 0 Å². The van der Waals surface area contributed by atoms with Crippen molar-refractivity contribution in [3.63, 3.8) is 0 Å². The van der Waals surface area contributed by atoms with Gasteiger partial charge in [-0.1, -0.05) is 51.8 Å². The molecule has 0 aliphatic rings. The zero-order valence-corrected chi connectivity index (χ0v) is 16.1. The summed E-state index contributed by atoms with van der Waals surface area (Å²) in [6.07, 6.45) is 7.51. The molecule has 0 aromatic carbocycles. The molecule has 0 heterocycles. The van der Waals surface area contributed by atoms with Crippen LogP contribution in [0.2, 0.25) is 0 Å². The Bertz CT molecular complexity index is 412. The van der Waals surface area contributed by atoms with E-state index in [0.717, 1.165) is 12.8 Å². The van der Waals surface area contributed by atoms with Crippen molar-refractivity contribution in [3.8, 4) is 0 Å². The van der Waals surface area contributed by atoms with Gasteiger partial charge in [0.05, 0.1) is 19.8 Å². The number of ether oxygens (including phenoxy) is 3. The molecule has 0 saturated heterocycles. The Labute approximate surface area is 152 Å². The lowest BCUT2D eigenvalue weighted by atomic mass is 10.2. The molecule has 0 fully saturated rings. The number of hydrogen-bond acceptors (Lipinski definition) is 5. The molecule has 0 aliphatic carbocycles. The minimum absolute atomic E-state index is 0.263. The topological polar surface area (TPSA) is 61.8 Å². The SMILES string of the molecule is C=C(C)C(=O)OCCCCCCC.C=CCOCCOC(=O)C(=C)C. The van der Waals surface area contributed by atoms with E-state index in [1.807, 2.05) is 0 Å². The molecule has 0 radical (unpaired) electrons. The lowest BCUT2D eigenvalue weighted by Crippen LogP contribution is -2.10. The number of esters is 2. The average Bonchev–Trinajstić information content (AvgIpc) is 2.57. The van der Waals surface area contributed by atoms with Gasteiger partial charge in [0, 0.05) is 11.1 Å². The summed E-state index contributed by atoms with van der Waals surface area (Å²) in [6.45, 7) is 17.5. The van der Waals surface area contributed by atoms with Crippen LogP contribution in [0.15, 0.2) is 37.0 Å². The van der Waals surface area contributed by atoms with E-state index in [-0.39, 0.29) is 18.5 Å². The maximum absolute atomic E-state index is 10.9. The highest BCUT2D eigenvalue weighted by atomic mass is 16.6. The van der Waals surface area contributed by atoms with Crippen LogP contribution in [0.5, 0.6) is 0 Å². The Kier molecular flexibility index (Phi) is 18.7. The van der Waals surface area contributed by atoms with Gasteiger partial charge >= 0.3 is 11.9 Å². The Morgan fingerprint density at radius 3 is 1.84 bits per heavy atom. The van der Waals surface area contributed by atoms with Crippen molar-refractivity contribution < 1.29 is 23.8 Å². The Balaban J connectivity index is 0. The molecule has 0 bridgehead atoms. The molecule has 0 rings (SSSR count). The van der Waals surface area contributed by atoms with Crippen molar-refractivity contribution in [3.05, 3.63) is 37.0 Å². The number of unbranched alkanes of at least 4 members (excludes halogenated alkanes) is 4. The van der Waals surface area contributed by atoms with E-state index in [4.69, 9.17) is 14.2 Å². The van der Waals surface area contributed by atoms with Crippen LogP contribution in [0.1, 0.15) is 52.9 Å². The van der Waals surface area contributed by atoms with E-state index < -0.39 is 0 Å². The molecule has 0 unspecified atom stereocenters. The van der Waals surface area contributed by atoms with Gasteiger partial charge in [0.2, 0.25) is 0 Å². The van der Waals surface area contributed by atoms with Gasteiger partial charge in [-0.25, -0.2) is 9.59 Å². The summed E-state index contributed by atoms with van der Waals surface area (Å²) in [5.41, 5.74) is 0.882. The molecule has 25 heavy (non-hydrogen) atoms. The number of carbonyl (C=O) groups excluding carboxylic acids is 2. The van der Waals surface area contributed by atoms with Gasteiger partial charge in [-0.2, -0.15) is 0 Å². The quantitative estimate of drug-likeness (QED) is 0.212. The summed E-state index contributed by atoms with van der Waals surface area (Å²) >= 11 is 0. The van der Waals surface area contributed by atoms with Crippen molar-refractivity contribution in [2.75, 3.05) is 26.4 Å². The molecule has 5 nitrogen and oxygen atoms in total. The van der Waals surface area contributed by atoms with E-state index >= 15 is 0 Å². The summed E-state index contributed by atoms with van der Waals surface area (Å²) in [4.78, 5) is 21.7. The molecule has 0 spiro atoms. The predicted octanol–water partition coefficient (Wildman–Crippen LogP) is 4.38. The Hall–Kier alpha value is -1.88. The first-order valence-corrected chi connectivity index (χ1v) is 8.70. The fraction of sp³-hybridized carbons (Fsp3) is 0.600. The molecule has 0 amide bonds. The fourth-order valence-corrected chi connectivity index (χ4v) is 1.48. The highest BCUT2D eigenvalue weighted by Crippen LogP contribution is 2.03. The predicted molar refractivity (Wildman–Crippen MR) is 101 cm³/mol. The van der Waals surface area contributed by atoms with Crippen molar-refractivity contribution >= 4 is 11.9 Å². The highest BCUT2D eigenvalue weighted by molar-refractivity contribution is 5.87. The van der Waals surface area contributed by atoms with Crippen molar-refractivity contribution in [2.45, 2.75) is 52.9 Å². The minimum Gasteiger partial charge on any atom is -0.462 e. The standard InChI is InChI=1S/C11H20O2.C9H14O3/c1-4-5-6-7-8-9-13-11(12)10(2)3;1-4-5-11-6-7-12-9(10)8(2)3/h2,4-9H2,1,3H3;4H,1-2,5-7H2,3H3. The minimum atomic E-state index is -0.378. The first kappa shape index (κ1) is 25.4. The zero-order chi connectivity index (χ0) is 19.5.